The van der Waals surface area contributed by atoms with E-state index in [-0.39, 0.29) is 18.4 Å². The highest BCUT2D eigenvalue weighted by atomic mass is 79.9. The van der Waals surface area contributed by atoms with Crippen LogP contribution in [0.25, 0.3) is 0 Å². The van der Waals surface area contributed by atoms with Crippen LogP contribution in [0.1, 0.15) is 16.8 Å². The lowest BCUT2D eigenvalue weighted by Gasteiger charge is -2.35. The van der Waals surface area contributed by atoms with Crippen molar-refractivity contribution in [3.63, 3.8) is 0 Å². The summed E-state index contributed by atoms with van der Waals surface area (Å²) in [5.41, 5.74) is 1.58. The summed E-state index contributed by atoms with van der Waals surface area (Å²) in [6.07, 6.45) is 2.22. The molecule has 1 saturated heterocycles. The number of carbonyl (C=O) groups is 1. The molecule has 3 atom stereocenters. The Balaban J connectivity index is 1.81. The van der Waals surface area contributed by atoms with E-state index in [4.69, 9.17) is 0 Å². The third kappa shape index (κ3) is 2.59. The minimum atomic E-state index is -0.455. The smallest absolute Gasteiger partial charge is 0.216 e. The van der Waals surface area contributed by atoms with Crippen LogP contribution in [-0.4, -0.2) is 58.9 Å². The molecule has 1 aromatic rings. The Morgan fingerprint density at radius 3 is 2.71 bits per heavy atom. The molecule has 2 N–H and O–H groups in total. The predicted octanol–water partition coefficient (Wildman–Crippen LogP) is 1.51. The van der Waals surface area contributed by atoms with E-state index < -0.39 is 6.10 Å². The van der Waals surface area contributed by atoms with Crippen molar-refractivity contribution in [1.29, 1.82) is 0 Å². The second-order valence-electron chi connectivity index (χ2n) is 5.95. The molecule has 0 aromatic heterocycles. The first-order valence-corrected chi connectivity index (χ1v) is 7.97. The third-order valence-electron chi connectivity index (χ3n) is 4.73. The molecule has 0 amide bonds. The highest BCUT2D eigenvalue weighted by molar-refractivity contribution is 9.10. The first-order chi connectivity index (χ1) is 10.1. The Morgan fingerprint density at radius 2 is 2.05 bits per heavy atom. The standard InChI is InChI=1S/C16H19BrNO3/c17-13-3-1-11(2-4-13)15(21)9-18-7-5-12(10-19)16(18)14(20)6-8-18/h1-5,14,16,19-20H,6-10H2/q+1/t14-,16+,18?/m1/s1. The van der Waals surface area contributed by atoms with Gasteiger partial charge in [-0.2, -0.15) is 0 Å². The number of rotatable bonds is 4. The molecule has 0 saturated carbocycles. The maximum absolute atomic E-state index is 12.6. The average molecular weight is 353 g/mol. The van der Waals surface area contributed by atoms with Gasteiger partial charge in [-0.25, -0.2) is 0 Å². The van der Waals surface area contributed by atoms with Crippen LogP contribution in [0.15, 0.2) is 40.4 Å². The quantitative estimate of drug-likeness (QED) is 0.490. The van der Waals surface area contributed by atoms with Crippen LogP contribution in [0.3, 0.4) is 0 Å². The zero-order chi connectivity index (χ0) is 15.0. The Hall–Kier alpha value is -1.01. The van der Waals surface area contributed by atoms with Gasteiger partial charge in [0.2, 0.25) is 5.78 Å². The van der Waals surface area contributed by atoms with E-state index in [0.717, 1.165) is 23.1 Å². The van der Waals surface area contributed by atoms with E-state index in [2.05, 4.69) is 15.9 Å². The normalized spacial score (nSPS) is 31.1. The number of hydrogen-bond donors (Lipinski definition) is 2. The minimum absolute atomic E-state index is 0.0335. The van der Waals surface area contributed by atoms with Crippen LogP contribution in [0.5, 0.6) is 0 Å². The molecule has 112 valence electrons. The highest BCUT2D eigenvalue weighted by Crippen LogP contribution is 2.37. The van der Waals surface area contributed by atoms with E-state index in [9.17, 15) is 15.0 Å². The van der Waals surface area contributed by atoms with Crippen molar-refractivity contribution in [2.45, 2.75) is 18.6 Å². The highest BCUT2D eigenvalue weighted by Gasteiger charge is 2.52. The predicted molar refractivity (Wildman–Crippen MR) is 82.9 cm³/mol. The minimum Gasteiger partial charge on any atom is -0.392 e. The lowest BCUT2D eigenvalue weighted by molar-refractivity contribution is -0.917. The van der Waals surface area contributed by atoms with E-state index in [1.165, 1.54) is 0 Å². The number of fused-ring (bicyclic) bond motifs is 1. The molecule has 4 nitrogen and oxygen atoms in total. The fourth-order valence-corrected chi connectivity index (χ4v) is 3.95. The molecule has 0 spiro atoms. The molecular weight excluding hydrogens is 334 g/mol. The molecule has 0 radical (unpaired) electrons. The number of ketones is 1. The number of Topliss-reactive ketones (excluding diaryl/α,β-unsaturated/α-hetero) is 1. The monoisotopic (exact) mass is 352 g/mol. The third-order valence-corrected chi connectivity index (χ3v) is 5.26. The molecule has 2 heterocycles. The number of aliphatic hydroxyl groups is 2. The Labute approximate surface area is 132 Å². The Morgan fingerprint density at radius 1 is 1.33 bits per heavy atom. The summed E-state index contributed by atoms with van der Waals surface area (Å²) in [6.45, 7) is 1.85. The molecule has 2 aliphatic heterocycles. The molecule has 5 heteroatoms. The second kappa shape index (κ2) is 5.65. The molecule has 21 heavy (non-hydrogen) atoms. The van der Waals surface area contributed by atoms with Crippen molar-refractivity contribution in [3.05, 3.63) is 46.0 Å². The van der Waals surface area contributed by atoms with E-state index >= 15 is 0 Å². The molecule has 3 rings (SSSR count). The first-order valence-electron chi connectivity index (χ1n) is 7.18. The zero-order valence-corrected chi connectivity index (χ0v) is 13.3. The molecular formula is C16H19BrNO3+. The summed E-state index contributed by atoms with van der Waals surface area (Å²) < 4.78 is 1.51. The molecule has 2 aliphatic rings. The van der Waals surface area contributed by atoms with Crippen LogP contribution >= 0.6 is 15.9 Å². The van der Waals surface area contributed by atoms with E-state index in [1.807, 2.05) is 30.3 Å². The lowest BCUT2D eigenvalue weighted by Crippen LogP contribution is -2.54. The van der Waals surface area contributed by atoms with Gasteiger partial charge in [-0.3, -0.25) is 4.79 Å². The van der Waals surface area contributed by atoms with Crippen LogP contribution in [0.4, 0.5) is 0 Å². The van der Waals surface area contributed by atoms with E-state index in [0.29, 0.717) is 23.0 Å². The Kier molecular flexibility index (Phi) is 4.01. The van der Waals surface area contributed by atoms with Gasteiger partial charge < -0.3 is 14.7 Å². The first kappa shape index (κ1) is 14.9. The summed E-state index contributed by atoms with van der Waals surface area (Å²) >= 11 is 3.37. The number of quaternary nitrogens is 1. The maximum Gasteiger partial charge on any atom is 0.216 e. The summed E-state index contributed by atoms with van der Waals surface area (Å²) in [5, 5.41) is 19.6. The SMILES string of the molecule is O=C(C[N+]12CC=C(CO)[C@H]1[C@H](O)CC2)c1ccc(Br)cc1. The topological polar surface area (TPSA) is 57.5 Å². The summed E-state index contributed by atoms with van der Waals surface area (Å²) in [5.74, 6) is 0.0918. The van der Waals surface area contributed by atoms with Gasteiger partial charge in [-0.1, -0.05) is 28.1 Å². The summed E-state index contributed by atoms with van der Waals surface area (Å²) in [4.78, 5) is 12.6. The van der Waals surface area contributed by atoms with Gasteiger partial charge in [0.05, 0.1) is 19.7 Å². The van der Waals surface area contributed by atoms with Gasteiger partial charge in [0.1, 0.15) is 18.7 Å². The molecule has 1 fully saturated rings. The number of halogens is 1. The van der Waals surface area contributed by atoms with Crippen LogP contribution < -0.4 is 0 Å². The second-order valence-corrected chi connectivity index (χ2v) is 6.87. The van der Waals surface area contributed by atoms with Gasteiger partial charge >= 0.3 is 0 Å². The van der Waals surface area contributed by atoms with Crippen molar-refractivity contribution in [2.75, 3.05) is 26.2 Å². The number of hydrogen-bond acceptors (Lipinski definition) is 3. The Bertz CT molecular complexity index is 584. The number of aliphatic hydroxyl groups excluding tert-OH is 2. The molecule has 0 aliphatic carbocycles. The fourth-order valence-electron chi connectivity index (χ4n) is 3.69. The molecule has 1 aromatic carbocycles. The van der Waals surface area contributed by atoms with Crippen molar-refractivity contribution in [3.8, 4) is 0 Å². The largest absolute Gasteiger partial charge is 0.392 e. The van der Waals surface area contributed by atoms with Crippen LogP contribution in [0.2, 0.25) is 0 Å². The molecule has 0 bridgehead atoms. The van der Waals surface area contributed by atoms with Crippen LogP contribution in [-0.2, 0) is 0 Å². The van der Waals surface area contributed by atoms with Crippen LogP contribution in [0, 0.1) is 0 Å². The van der Waals surface area contributed by atoms with Crippen molar-refractivity contribution in [2.24, 2.45) is 0 Å². The summed E-state index contributed by atoms with van der Waals surface area (Å²) in [7, 11) is 0. The summed E-state index contributed by atoms with van der Waals surface area (Å²) in [6, 6.07) is 7.26. The fraction of sp³-hybridized carbons (Fsp3) is 0.438. The van der Waals surface area contributed by atoms with Crippen molar-refractivity contribution >= 4 is 21.7 Å². The van der Waals surface area contributed by atoms with Gasteiger partial charge in [-0.15, -0.1) is 0 Å². The van der Waals surface area contributed by atoms with Gasteiger partial charge in [0.25, 0.3) is 0 Å². The number of nitrogens with zero attached hydrogens (tertiary/aromatic N) is 1. The lowest BCUT2D eigenvalue weighted by atomic mass is 10.0. The average Bonchev–Trinajstić information content (AvgIpc) is 2.98. The maximum atomic E-state index is 12.6. The van der Waals surface area contributed by atoms with Gasteiger partial charge in [-0.05, 0) is 18.2 Å². The number of carbonyl (C=O) groups excluding carboxylic acids is 1. The van der Waals surface area contributed by atoms with Gasteiger partial charge in [0.15, 0.2) is 0 Å². The zero-order valence-electron chi connectivity index (χ0n) is 11.7. The van der Waals surface area contributed by atoms with Gasteiger partial charge in [0, 0.05) is 22.0 Å². The van der Waals surface area contributed by atoms with Crippen molar-refractivity contribution in [1.82, 2.24) is 0 Å². The van der Waals surface area contributed by atoms with Crippen molar-refractivity contribution < 1.29 is 19.5 Å². The van der Waals surface area contributed by atoms with E-state index in [1.54, 1.807) is 0 Å². The molecule has 1 unspecified atom stereocenters. The number of benzene rings is 1.